The van der Waals surface area contributed by atoms with Crippen molar-refractivity contribution in [3.8, 4) is 0 Å². The van der Waals surface area contributed by atoms with Gasteiger partial charge in [-0.25, -0.2) is 5.48 Å². The molecule has 0 spiro atoms. The minimum atomic E-state index is -2.99. The second-order valence-corrected chi connectivity index (χ2v) is 4.96. The Kier molecular flexibility index (Phi) is 4.33. The molecule has 0 aliphatic heterocycles. The second-order valence-electron chi connectivity index (χ2n) is 2.41. The molecule has 0 aromatic rings. The smallest absolute Gasteiger partial charge is 0.243 e. The molecule has 0 heterocycles. The van der Waals surface area contributed by atoms with Gasteiger partial charge in [0, 0.05) is 19.2 Å². The molecule has 1 atom stereocenters. The van der Waals surface area contributed by atoms with Gasteiger partial charge in [0.2, 0.25) is 5.91 Å². The maximum atomic E-state index is 10.6. The number of carbonyl (C=O) groups is 1. The first-order valence-electron chi connectivity index (χ1n) is 3.18. The van der Waals surface area contributed by atoms with E-state index < -0.39 is 13.3 Å². The first-order chi connectivity index (χ1) is 4.95. The van der Waals surface area contributed by atoms with Crippen molar-refractivity contribution < 1.29 is 19.5 Å². The molecule has 66 valence electrons. The van der Waals surface area contributed by atoms with E-state index in [1.807, 2.05) is 0 Å². The lowest BCUT2D eigenvalue weighted by atomic mass is 10.3. The Balaban J connectivity index is 3.43. The minimum Gasteiger partial charge on any atom is -0.344 e. The quantitative estimate of drug-likeness (QED) is 0.328. The van der Waals surface area contributed by atoms with E-state index in [0.717, 1.165) is 0 Å². The Morgan fingerprint density at radius 3 is 2.55 bits per heavy atom. The number of hydroxylamine groups is 1. The van der Waals surface area contributed by atoms with E-state index in [-0.39, 0.29) is 12.6 Å². The molecule has 1 unspecified atom stereocenters. The Hall–Kier alpha value is -0.380. The lowest BCUT2D eigenvalue weighted by Crippen LogP contribution is -2.18. The summed E-state index contributed by atoms with van der Waals surface area (Å²) < 4.78 is 10.6. The molecule has 0 fully saturated rings. The summed E-state index contributed by atoms with van der Waals surface area (Å²) in [5.41, 5.74) is 1.44. The van der Waals surface area contributed by atoms with Crippen LogP contribution in [0.25, 0.3) is 0 Å². The molecular formula is C5H12NO4P. The predicted octanol–water partition coefficient (Wildman–Crippen LogP) is 0.172. The normalized spacial score (nSPS) is 15.5. The fourth-order valence-electron chi connectivity index (χ4n) is 0.589. The van der Waals surface area contributed by atoms with Crippen LogP contribution >= 0.6 is 7.37 Å². The van der Waals surface area contributed by atoms with Crippen molar-refractivity contribution in [2.75, 3.05) is 12.8 Å². The summed E-state index contributed by atoms with van der Waals surface area (Å²) >= 11 is 0. The minimum absolute atomic E-state index is 0.0783. The van der Waals surface area contributed by atoms with Gasteiger partial charge < -0.3 is 4.89 Å². The molecule has 3 N–H and O–H groups in total. The molecule has 6 heteroatoms. The summed E-state index contributed by atoms with van der Waals surface area (Å²) in [6, 6.07) is 0. The molecule has 11 heavy (non-hydrogen) atoms. The van der Waals surface area contributed by atoms with Gasteiger partial charge >= 0.3 is 0 Å². The second kappa shape index (κ2) is 4.49. The van der Waals surface area contributed by atoms with Crippen molar-refractivity contribution >= 4 is 13.3 Å². The first-order valence-corrected chi connectivity index (χ1v) is 5.47. The summed E-state index contributed by atoms with van der Waals surface area (Å²) in [5.74, 6) is -0.529. The molecular weight excluding hydrogens is 169 g/mol. The fourth-order valence-corrected chi connectivity index (χ4v) is 1.33. The van der Waals surface area contributed by atoms with Gasteiger partial charge in [-0.1, -0.05) is 0 Å². The number of nitrogens with one attached hydrogen (secondary N) is 1. The fraction of sp³-hybridized carbons (Fsp3) is 0.800. The van der Waals surface area contributed by atoms with Crippen LogP contribution in [0.1, 0.15) is 12.8 Å². The molecule has 0 aromatic carbocycles. The highest BCUT2D eigenvalue weighted by Gasteiger charge is 2.09. The third kappa shape index (κ3) is 7.52. The van der Waals surface area contributed by atoms with E-state index in [1.54, 1.807) is 0 Å². The first kappa shape index (κ1) is 10.6. The van der Waals surface area contributed by atoms with Crippen LogP contribution in [0, 0.1) is 0 Å². The highest BCUT2D eigenvalue weighted by Crippen LogP contribution is 2.35. The maximum absolute atomic E-state index is 10.6. The summed E-state index contributed by atoms with van der Waals surface area (Å²) in [7, 11) is -2.99. The average Bonchev–Trinajstić information content (AvgIpc) is 1.85. The molecule has 0 aliphatic carbocycles. The SMILES string of the molecule is CP(=O)(O)CCCC(=O)NO. The zero-order chi connectivity index (χ0) is 8.91. The van der Waals surface area contributed by atoms with Gasteiger partial charge in [-0.15, -0.1) is 0 Å². The van der Waals surface area contributed by atoms with Crippen molar-refractivity contribution in [3.05, 3.63) is 0 Å². The highest BCUT2D eigenvalue weighted by atomic mass is 31.2. The predicted molar refractivity (Wildman–Crippen MR) is 39.8 cm³/mol. The van der Waals surface area contributed by atoms with E-state index in [4.69, 9.17) is 10.1 Å². The summed E-state index contributed by atoms with van der Waals surface area (Å²) in [5, 5.41) is 8.03. The van der Waals surface area contributed by atoms with Crippen LogP contribution in [0.2, 0.25) is 0 Å². The van der Waals surface area contributed by atoms with Crippen molar-refractivity contribution in [3.63, 3.8) is 0 Å². The van der Waals surface area contributed by atoms with Gasteiger partial charge in [0.1, 0.15) is 0 Å². The van der Waals surface area contributed by atoms with Crippen LogP contribution in [0.5, 0.6) is 0 Å². The summed E-state index contributed by atoms with van der Waals surface area (Å²) in [4.78, 5) is 19.1. The van der Waals surface area contributed by atoms with Gasteiger partial charge in [0.05, 0.1) is 0 Å². The number of hydrogen-bond acceptors (Lipinski definition) is 3. The van der Waals surface area contributed by atoms with E-state index in [2.05, 4.69) is 0 Å². The monoisotopic (exact) mass is 181 g/mol. The Morgan fingerprint density at radius 2 is 2.18 bits per heavy atom. The molecule has 0 saturated carbocycles. The molecule has 0 bridgehead atoms. The molecule has 0 aliphatic rings. The standard InChI is InChI=1S/C5H12NO4P/c1-11(9,10)4-2-3-5(7)6-8/h8H,2-4H2,1H3,(H,6,7)(H,9,10). The maximum Gasteiger partial charge on any atom is 0.243 e. The van der Waals surface area contributed by atoms with Crippen molar-refractivity contribution in [2.45, 2.75) is 12.8 Å². The zero-order valence-corrected chi connectivity index (χ0v) is 7.17. The van der Waals surface area contributed by atoms with Crippen LogP contribution in [-0.2, 0) is 9.36 Å². The Labute approximate surface area is 64.8 Å². The van der Waals surface area contributed by atoms with Crippen LogP contribution in [0.3, 0.4) is 0 Å². The Morgan fingerprint density at radius 1 is 1.64 bits per heavy atom. The van der Waals surface area contributed by atoms with E-state index in [9.17, 15) is 9.36 Å². The van der Waals surface area contributed by atoms with Crippen LogP contribution in [0.4, 0.5) is 0 Å². The lowest BCUT2D eigenvalue weighted by Gasteiger charge is -2.02. The summed E-state index contributed by atoms with van der Waals surface area (Å²) in [6.45, 7) is 1.24. The molecule has 0 rings (SSSR count). The number of amides is 1. The van der Waals surface area contributed by atoms with Crippen LogP contribution in [0.15, 0.2) is 0 Å². The third-order valence-corrected chi connectivity index (χ3v) is 2.25. The van der Waals surface area contributed by atoms with Gasteiger partial charge in [-0.05, 0) is 6.42 Å². The van der Waals surface area contributed by atoms with Crippen molar-refractivity contribution in [1.82, 2.24) is 5.48 Å². The number of rotatable bonds is 4. The Bertz CT molecular complexity index is 175. The van der Waals surface area contributed by atoms with E-state index in [0.29, 0.717) is 6.42 Å². The van der Waals surface area contributed by atoms with Crippen molar-refractivity contribution in [1.29, 1.82) is 0 Å². The van der Waals surface area contributed by atoms with E-state index >= 15 is 0 Å². The largest absolute Gasteiger partial charge is 0.344 e. The van der Waals surface area contributed by atoms with Crippen LogP contribution < -0.4 is 5.48 Å². The average molecular weight is 181 g/mol. The molecule has 1 amide bonds. The number of hydrogen-bond donors (Lipinski definition) is 3. The molecule has 5 nitrogen and oxygen atoms in total. The number of carbonyl (C=O) groups excluding carboxylic acids is 1. The van der Waals surface area contributed by atoms with Gasteiger partial charge in [0.15, 0.2) is 7.37 Å². The summed E-state index contributed by atoms with van der Waals surface area (Å²) in [6.07, 6.45) is 0.506. The lowest BCUT2D eigenvalue weighted by molar-refractivity contribution is -0.129. The highest BCUT2D eigenvalue weighted by molar-refractivity contribution is 7.57. The molecule has 0 saturated heterocycles. The van der Waals surface area contributed by atoms with Crippen LogP contribution in [-0.4, -0.2) is 28.8 Å². The van der Waals surface area contributed by atoms with Crippen molar-refractivity contribution in [2.24, 2.45) is 0 Å². The van der Waals surface area contributed by atoms with Gasteiger partial charge in [-0.3, -0.25) is 14.6 Å². The topological polar surface area (TPSA) is 86.6 Å². The van der Waals surface area contributed by atoms with Gasteiger partial charge in [-0.2, -0.15) is 0 Å². The molecule has 0 aromatic heterocycles. The third-order valence-electron chi connectivity index (χ3n) is 1.10. The molecule has 0 radical (unpaired) electrons. The van der Waals surface area contributed by atoms with Gasteiger partial charge in [0.25, 0.3) is 0 Å². The zero-order valence-electron chi connectivity index (χ0n) is 6.28. The van der Waals surface area contributed by atoms with E-state index in [1.165, 1.54) is 12.1 Å².